The van der Waals surface area contributed by atoms with Crippen LogP contribution in [0.2, 0.25) is 0 Å². The van der Waals surface area contributed by atoms with E-state index in [1.165, 1.54) is 4.88 Å². The van der Waals surface area contributed by atoms with Crippen LogP contribution in [-0.2, 0) is 6.54 Å². The summed E-state index contributed by atoms with van der Waals surface area (Å²) in [5.41, 5.74) is 1.04. The molecule has 0 atom stereocenters. The Labute approximate surface area is 87.6 Å². The fourth-order valence-electron chi connectivity index (χ4n) is 1.28. The predicted molar refractivity (Wildman–Crippen MR) is 61.1 cm³/mol. The summed E-state index contributed by atoms with van der Waals surface area (Å²) in [4.78, 5) is 1.27. The molecule has 14 heavy (non-hydrogen) atoms. The van der Waals surface area contributed by atoms with Gasteiger partial charge in [-0.2, -0.15) is 0 Å². The lowest BCUT2D eigenvalue weighted by atomic mass is 10.3. The van der Waals surface area contributed by atoms with E-state index in [4.69, 9.17) is 5.84 Å². The van der Waals surface area contributed by atoms with Crippen molar-refractivity contribution in [2.75, 3.05) is 5.01 Å². The van der Waals surface area contributed by atoms with Crippen LogP contribution in [0.3, 0.4) is 0 Å². The van der Waals surface area contributed by atoms with Gasteiger partial charge in [-0.1, -0.05) is 24.3 Å². The van der Waals surface area contributed by atoms with E-state index in [2.05, 4.69) is 11.4 Å². The molecular weight excluding hydrogens is 192 g/mol. The lowest BCUT2D eigenvalue weighted by molar-refractivity contribution is 0.866. The van der Waals surface area contributed by atoms with Crippen LogP contribution in [0.5, 0.6) is 0 Å². The number of para-hydroxylation sites is 1. The van der Waals surface area contributed by atoms with Crippen molar-refractivity contribution in [3.63, 3.8) is 0 Å². The third-order valence-electron chi connectivity index (χ3n) is 1.99. The summed E-state index contributed by atoms with van der Waals surface area (Å²) in [6.07, 6.45) is 0. The summed E-state index contributed by atoms with van der Waals surface area (Å²) < 4.78 is 0. The molecule has 72 valence electrons. The van der Waals surface area contributed by atoms with E-state index < -0.39 is 0 Å². The molecule has 0 spiro atoms. The second kappa shape index (κ2) is 4.26. The molecule has 1 aromatic heterocycles. The van der Waals surface area contributed by atoms with Crippen LogP contribution in [0, 0.1) is 0 Å². The van der Waals surface area contributed by atoms with Gasteiger partial charge in [0, 0.05) is 4.88 Å². The SMILES string of the molecule is NN(Cc1cccs1)c1ccccc1. The van der Waals surface area contributed by atoms with Crippen molar-refractivity contribution in [2.24, 2.45) is 5.84 Å². The first-order chi connectivity index (χ1) is 6.86. The molecule has 0 radical (unpaired) electrons. The van der Waals surface area contributed by atoms with Crippen LogP contribution in [0.15, 0.2) is 47.8 Å². The van der Waals surface area contributed by atoms with Gasteiger partial charge in [-0.3, -0.25) is 0 Å². The summed E-state index contributed by atoms with van der Waals surface area (Å²) in [5, 5.41) is 3.82. The average molecular weight is 204 g/mol. The Balaban J connectivity index is 2.07. The highest BCUT2D eigenvalue weighted by atomic mass is 32.1. The zero-order chi connectivity index (χ0) is 9.80. The molecule has 0 bridgehead atoms. The standard InChI is InChI=1S/C11H12N2S/c12-13(9-11-7-4-8-14-11)10-5-2-1-3-6-10/h1-8H,9,12H2. The third kappa shape index (κ3) is 2.13. The summed E-state index contributed by atoms with van der Waals surface area (Å²) in [6.45, 7) is 0.766. The Bertz CT molecular complexity index is 369. The molecule has 0 saturated heterocycles. The first-order valence-corrected chi connectivity index (χ1v) is 5.34. The van der Waals surface area contributed by atoms with E-state index in [1.54, 1.807) is 16.3 Å². The van der Waals surface area contributed by atoms with Gasteiger partial charge in [-0.05, 0) is 23.6 Å². The van der Waals surface area contributed by atoms with Gasteiger partial charge in [-0.15, -0.1) is 11.3 Å². The monoisotopic (exact) mass is 204 g/mol. The molecule has 1 aromatic carbocycles. The fraction of sp³-hybridized carbons (Fsp3) is 0.0909. The molecule has 0 aliphatic carbocycles. The minimum atomic E-state index is 0.766. The smallest absolute Gasteiger partial charge is 0.0685 e. The van der Waals surface area contributed by atoms with E-state index in [1.807, 2.05) is 36.4 Å². The van der Waals surface area contributed by atoms with Crippen molar-refractivity contribution >= 4 is 17.0 Å². The molecule has 2 N–H and O–H groups in total. The Hall–Kier alpha value is -1.32. The fourth-order valence-corrected chi connectivity index (χ4v) is 1.98. The average Bonchev–Trinajstić information content (AvgIpc) is 2.72. The molecule has 2 aromatic rings. The summed E-state index contributed by atoms with van der Waals surface area (Å²) in [5.74, 6) is 5.93. The van der Waals surface area contributed by atoms with E-state index in [0.29, 0.717) is 0 Å². The highest BCUT2D eigenvalue weighted by molar-refractivity contribution is 7.09. The molecule has 0 saturated carbocycles. The van der Waals surface area contributed by atoms with Gasteiger partial charge in [0.2, 0.25) is 0 Å². The molecule has 0 amide bonds. The maximum Gasteiger partial charge on any atom is 0.0685 e. The zero-order valence-corrected chi connectivity index (χ0v) is 8.58. The van der Waals surface area contributed by atoms with Gasteiger partial charge in [0.1, 0.15) is 0 Å². The highest BCUT2D eigenvalue weighted by Crippen LogP contribution is 2.15. The minimum Gasteiger partial charge on any atom is -0.306 e. The van der Waals surface area contributed by atoms with Gasteiger partial charge in [0.25, 0.3) is 0 Å². The number of thiophene rings is 1. The van der Waals surface area contributed by atoms with Crippen LogP contribution in [0.1, 0.15) is 4.88 Å². The second-order valence-corrected chi connectivity index (χ2v) is 4.08. The van der Waals surface area contributed by atoms with Crippen molar-refractivity contribution < 1.29 is 0 Å². The topological polar surface area (TPSA) is 29.3 Å². The van der Waals surface area contributed by atoms with E-state index in [9.17, 15) is 0 Å². The Morgan fingerprint density at radius 2 is 1.86 bits per heavy atom. The predicted octanol–water partition coefficient (Wildman–Crippen LogP) is 2.63. The van der Waals surface area contributed by atoms with E-state index in [-0.39, 0.29) is 0 Å². The molecule has 3 heteroatoms. The first kappa shape index (κ1) is 9.24. The van der Waals surface area contributed by atoms with Gasteiger partial charge >= 0.3 is 0 Å². The number of benzene rings is 1. The van der Waals surface area contributed by atoms with Crippen LogP contribution < -0.4 is 10.9 Å². The van der Waals surface area contributed by atoms with Crippen molar-refractivity contribution in [1.82, 2.24) is 0 Å². The molecule has 2 rings (SSSR count). The third-order valence-corrected chi connectivity index (χ3v) is 2.86. The summed E-state index contributed by atoms with van der Waals surface area (Å²) in [6, 6.07) is 14.1. The van der Waals surface area contributed by atoms with Crippen LogP contribution >= 0.6 is 11.3 Å². The van der Waals surface area contributed by atoms with Crippen molar-refractivity contribution in [1.29, 1.82) is 0 Å². The number of anilines is 1. The van der Waals surface area contributed by atoms with Gasteiger partial charge in [0.05, 0.1) is 12.2 Å². The van der Waals surface area contributed by atoms with Gasteiger partial charge in [-0.25, -0.2) is 5.84 Å². The van der Waals surface area contributed by atoms with E-state index >= 15 is 0 Å². The maximum atomic E-state index is 5.93. The number of hydrogen-bond acceptors (Lipinski definition) is 3. The number of nitrogens with zero attached hydrogens (tertiary/aromatic N) is 1. The maximum absolute atomic E-state index is 5.93. The Kier molecular flexibility index (Phi) is 2.81. The number of nitrogens with two attached hydrogens (primary N) is 1. The molecule has 0 aliphatic heterocycles. The largest absolute Gasteiger partial charge is 0.306 e. The van der Waals surface area contributed by atoms with Crippen LogP contribution in [0.4, 0.5) is 5.69 Å². The summed E-state index contributed by atoms with van der Waals surface area (Å²) in [7, 11) is 0. The zero-order valence-electron chi connectivity index (χ0n) is 7.76. The number of hydrazine groups is 1. The van der Waals surface area contributed by atoms with Crippen molar-refractivity contribution in [3.05, 3.63) is 52.7 Å². The van der Waals surface area contributed by atoms with E-state index in [0.717, 1.165) is 12.2 Å². The van der Waals surface area contributed by atoms with Crippen LogP contribution in [-0.4, -0.2) is 0 Å². The Morgan fingerprint density at radius 1 is 1.07 bits per heavy atom. The molecular formula is C11H12N2S. The second-order valence-electron chi connectivity index (χ2n) is 3.04. The quantitative estimate of drug-likeness (QED) is 0.615. The molecule has 1 heterocycles. The molecule has 2 nitrogen and oxygen atoms in total. The number of rotatable bonds is 3. The first-order valence-electron chi connectivity index (χ1n) is 4.46. The lowest BCUT2D eigenvalue weighted by Crippen LogP contribution is -2.29. The lowest BCUT2D eigenvalue weighted by Gasteiger charge is -2.17. The molecule has 0 aliphatic rings. The number of hydrogen-bond donors (Lipinski definition) is 1. The van der Waals surface area contributed by atoms with Gasteiger partial charge < -0.3 is 5.01 Å². The van der Waals surface area contributed by atoms with Crippen molar-refractivity contribution in [2.45, 2.75) is 6.54 Å². The summed E-state index contributed by atoms with van der Waals surface area (Å²) >= 11 is 1.72. The van der Waals surface area contributed by atoms with Gasteiger partial charge in [0.15, 0.2) is 0 Å². The minimum absolute atomic E-state index is 0.766. The molecule has 0 fully saturated rings. The Morgan fingerprint density at radius 3 is 2.50 bits per heavy atom. The highest BCUT2D eigenvalue weighted by Gasteiger charge is 2.01. The molecule has 0 unspecified atom stereocenters. The normalized spacial score (nSPS) is 10.1. The van der Waals surface area contributed by atoms with Crippen LogP contribution in [0.25, 0.3) is 0 Å². The van der Waals surface area contributed by atoms with Crippen molar-refractivity contribution in [3.8, 4) is 0 Å².